The van der Waals surface area contributed by atoms with Crippen molar-refractivity contribution in [1.29, 1.82) is 0 Å². The summed E-state index contributed by atoms with van der Waals surface area (Å²) in [5, 5.41) is -0.0782. The molecule has 0 aliphatic carbocycles. The summed E-state index contributed by atoms with van der Waals surface area (Å²) in [6.07, 6.45) is 0.406. The number of carbonyl (C=O) groups excluding carboxylic acids is 1. The Morgan fingerprint density at radius 3 is 2.79 bits per heavy atom. The molecular weight excluding hydrogens is 288 g/mol. The van der Waals surface area contributed by atoms with Crippen molar-refractivity contribution in [3.05, 3.63) is 28.3 Å². The fraction of sp³-hybridized carbons (Fsp3) is 0.462. The Kier molecular flexibility index (Phi) is 5.10. The average molecular weight is 303 g/mol. The highest BCUT2D eigenvalue weighted by Gasteiger charge is 2.18. The van der Waals surface area contributed by atoms with E-state index in [1.807, 2.05) is 6.92 Å². The van der Waals surface area contributed by atoms with E-state index in [0.717, 1.165) is 5.56 Å². The molecule has 1 saturated heterocycles. The van der Waals surface area contributed by atoms with Gasteiger partial charge in [-0.3, -0.25) is 4.79 Å². The van der Waals surface area contributed by atoms with E-state index in [2.05, 4.69) is 12.6 Å². The molecule has 0 bridgehead atoms. The number of benzene rings is 1. The molecule has 0 N–H and O–H groups in total. The van der Waals surface area contributed by atoms with E-state index >= 15 is 0 Å². The predicted molar refractivity (Wildman–Crippen MR) is 75.3 cm³/mol. The zero-order valence-electron chi connectivity index (χ0n) is 10.5. The van der Waals surface area contributed by atoms with Crippen LogP contribution in [0, 0.1) is 6.92 Å². The van der Waals surface area contributed by atoms with Gasteiger partial charge in [0.05, 0.1) is 30.4 Å². The molecule has 0 spiro atoms. The molecule has 104 valence electrons. The monoisotopic (exact) mass is 302 g/mol. The third-order valence-corrected chi connectivity index (χ3v) is 3.43. The van der Waals surface area contributed by atoms with Gasteiger partial charge in [0.1, 0.15) is 5.75 Å². The van der Waals surface area contributed by atoms with Gasteiger partial charge in [0.2, 0.25) is 5.12 Å². The lowest BCUT2D eigenvalue weighted by molar-refractivity contribution is -0.0531. The van der Waals surface area contributed by atoms with Crippen LogP contribution in [0.1, 0.15) is 22.3 Å². The van der Waals surface area contributed by atoms with Crippen molar-refractivity contribution >= 4 is 29.3 Å². The molecule has 1 aromatic rings. The second-order valence-electron chi connectivity index (χ2n) is 4.19. The Morgan fingerprint density at radius 1 is 1.47 bits per heavy atom. The van der Waals surface area contributed by atoms with Gasteiger partial charge < -0.3 is 14.2 Å². The van der Waals surface area contributed by atoms with E-state index < -0.39 is 0 Å². The first-order chi connectivity index (χ1) is 9.09. The second kappa shape index (κ2) is 6.61. The molecule has 0 atom stereocenters. The van der Waals surface area contributed by atoms with Gasteiger partial charge in [0, 0.05) is 6.42 Å². The summed E-state index contributed by atoms with van der Waals surface area (Å²) in [5.74, 6) is 0.513. The molecule has 1 heterocycles. The Morgan fingerprint density at radius 2 is 2.16 bits per heavy atom. The van der Waals surface area contributed by atoms with E-state index in [1.54, 1.807) is 12.1 Å². The SMILES string of the molecule is Cc1ccc(C(=O)S)c(Cl)c1OCCC1OCCO1. The molecule has 0 saturated carbocycles. The van der Waals surface area contributed by atoms with Crippen LogP contribution in [0.5, 0.6) is 5.75 Å². The average Bonchev–Trinajstić information content (AvgIpc) is 2.86. The Hall–Kier alpha value is -0.750. The fourth-order valence-corrected chi connectivity index (χ4v) is 2.43. The zero-order chi connectivity index (χ0) is 13.8. The second-order valence-corrected chi connectivity index (χ2v) is 4.97. The summed E-state index contributed by atoms with van der Waals surface area (Å²) in [6.45, 7) is 3.52. The Bertz CT molecular complexity index is 472. The number of rotatable bonds is 5. The van der Waals surface area contributed by atoms with Gasteiger partial charge in [0.25, 0.3) is 0 Å². The van der Waals surface area contributed by atoms with Crippen molar-refractivity contribution in [1.82, 2.24) is 0 Å². The van der Waals surface area contributed by atoms with Gasteiger partial charge in [-0.15, -0.1) is 12.6 Å². The van der Waals surface area contributed by atoms with Crippen LogP contribution in [-0.2, 0) is 9.47 Å². The van der Waals surface area contributed by atoms with Gasteiger partial charge in [-0.1, -0.05) is 17.7 Å². The number of ether oxygens (including phenoxy) is 3. The Balaban J connectivity index is 2.02. The molecule has 2 rings (SSSR count). The molecule has 0 radical (unpaired) electrons. The van der Waals surface area contributed by atoms with E-state index in [-0.39, 0.29) is 11.4 Å². The first-order valence-corrected chi connectivity index (χ1v) is 6.80. The van der Waals surface area contributed by atoms with Crippen molar-refractivity contribution in [3.63, 3.8) is 0 Å². The van der Waals surface area contributed by atoms with Crippen LogP contribution < -0.4 is 4.74 Å². The molecule has 0 amide bonds. The lowest BCUT2D eigenvalue weighted by Crippen LogP contribution is -2.13. The standard InChI is InChI=1S/C13H15ClO4S/c1-8-2-3-9(13(15)19)11(14)12(8)18-5-4-10-16-6-7-17-10/h2-3,10H,4-7H2,1H3,(H,15,19). The number of thiol groups is 1. The molecule has 1 aromatic carbocycles. The molecule has 19 heavy (non-hydrogen) atoms. The highest BCUT2D eigenvalue weighted by atomic mass is 35.5. The van der Waals surface area contributed by atoms with Crippen molar-refractivity contribution in [3.8, 4) is 5.75 Å². The Labute approximate surface area is 122 Å². The number of aryl methyl sites for hydroxylation is 1. The normalized spacial score (nSPS) is 15.7. The minimum Gasteiger partial charge on any atom is -0.492 e. The predicted octanol–water partition coefficient (Wildman–Crippen LogP) is 2.86. The minimum atomic E-state index is -0.377. The lowest BCUT2D eigenvalue weighted by atomic mass is 10.1. The summed E-state index contributed by atoms with van der Waals surface area (Å²) < 4.78 is 16.3. The topological polar surface area (TPSA) is 44.8 Å². The van der Waals surface area contributed by atoms with Crippen molar-refractivity contribution in [2.75, 3.05) is 19.8 Å². The summed E-state index contributed by atoms with van der Waals surface area (Å²) in [6, 6.07) is 3.43. The summed E-state index contributed by atoms with van der Waals surface area (Å²) >= 11 is 9.93. The molecule has 0 unspecified atom stereocenters. The maximum absolute atomic E-state index is 11.3. The highest BCUT2D eigenvalue weighted by molar-refractivity contribution is 7.97. The quantitative estimate of drug-likeness (QED) is 0.850. The van der Waals surface area contributed by atoms with Gasteiger partial charge >= 0.3 is 0 Å². The first kappa shape index (κ1) is 14.7. The van der Waals surface area contributed by atoms with Crippen LogP contribution in [0.3, 0.4) is 0 Å². The van der Waals surface area contributed by atoms with E-state index in [9.17, 15) is 4.79 Å². The summed E-state index contributed by atoms with van der Waals surface area (Å²) in [4.78, 5) is 11.3. The fourth-order valence-electron chi connectivity index (χ4n) is 1.83. The number of halogens is 1. The van der Waals surface area contributed by atoms with Gasteiger partial charge in [-0.05, 0) is 18.6 Å². The maximum atomic E-state index is 11.3. The van der Waals surface area contributed by atoms with Crippen molar-refractivity contribution in [2.24, 2.45) is 0 Å². The van der Waals surface area contributed by atoms with Crippen LogP contribution in [0.2, 0.25) is 5.02 Å². The molecule has 6 heteroatoms. The third-order valence-electron chi connectivity index (χ3n) is 2.82. The maximum Gasteiger partial charge on any atom is 0.217 e. The molecule has 0 aromatic heterocycles. The first-order valence-electron chi connectivity index (χ1n) is 5.98. The number of hydrogen-bond acceptors (Lipinski definition) is 4. The van der Waals surface area contributed by atoms with Gasteiger partial charge in [-0.25, -0.2) is 0 Å². The number of hydrogen-bond donors (Lipinski definition) is 1. The minimum absolute atomic E-state index is 0.214. The van der Waals surface area contributed by atoms with Crippen LogP contribution in [0.15, 0.2) is 12.1 Å². The summed E-state index contributed by atoms with van der Waals surface area (Å²) in [7, 11) is 0. The molecule has 1 fully saturated rings. The summed E-state index contributed by atoms with van der Waals surface area (Å²) in [5.41, 5.74) is 1.22. The van der Waals surface area contributed by atoms with Crippen molar-refractivity contribution in [2.45, 2.75) is 19.6 Å². The van der Waals surface area contributed by atoms with Crippen LogP contribution in [0.25, 0.3) is 0 Å². The van der Waals surface area contributed by atoms with Crippen LogP contribution in [-0.4, -0.2) is 31.2 Å². The molecule has 1 aliphatic heterocycles. The smallest absolute Gasteiger partial charge is 0.217 e. The van der Waals surface area contributed by atoms with E-state index in [4.69, 9.17) is 25.8 Å². The molecular formula is C13H15ClO4S. The van der Waals surface area contributed by atoms with E-state index in [0.29, 0.717) is 42.6 Å². The highest BCUT2D eigenvalue weighted by Crippen LogP contribution is 2.32. The lowest BCUT2D eigenvalue weighted by Gasteiger charge is -2.14. The zero-order valence-corrected chi connectivity index (χ0v) is 12.2. The van der Waals surface area contributed by atoms with Gasteiger partial charge in [0.15, 0.2) is 6.29 Å². The van der Waals surface area contributed by atoms with Crippen LogP contribution >= 0.6 is 24.2 Å². The third kappa shape index (κ3) is 3.63. The van der Waals surface area contributed by atoms with Gasteiger partial charge in [-0.2, -0.15) is 0 Å². The largest absolute Gasteiger partial charge is 0.492 e. The molecule has 4 nitrogen and oxygen atoms in total. The van der Waals surface area contributed by atoms with Crippen LogP contribution in [0.4, 0.5) is 0 Å². The molecule has 1 aliphatic rings. The van der Waals surface area contributed by atoms with Crippen molar-refractivity contribution < 1.29 is 19.0 Å². The number of carbonyl (C=O) groups is 1. The van der Waals surface area contributed by atoms with E-state index in [1.165, 1.54) is 0 Å².